The molecule has 1 aromatic heterocycles. The maximum absolute atomic E-state index is 13.2. The van der Waals surface area contributed by atoms with E-state index in [1.165, 1.54) is 37.6 Å². The number of carbonyl (C=O) groups excluding carboxylic acids is 5. The Hall–Kier alpha value is -4.16. The molecule has 0 spiro atoms. The Balaban J connectivity index is 3.09. The Labute approximate surface area is 252 Å². The quantitative estimate of drug-likeness (QED) is 0.173. The molecule has 0 bridgehead atoms. The van der Waals surface area contributed by atoms with Crippen molar-refractivity contribution in [2.75, 3.05) is 12.4 Å². The molecule has 0 aliphatic carbocycles. The summed E-state index contributed by atoms with van der Waals surface area (Å²) in [6.07, 6.45) is 4.10. The molecule has 240 valence electrons. The molecule has 1 heterocycles. The number of carbonyl (C=O) groups is 5. The van der Waals surface area contributed by atoms with E-state index in [0.29, 0.717) is 6.42 Å². The predicted octanol–water partition coefficient (Wildman–Crippen LogP) is 3.06. The van der Waals surface area contributed by atoms with Gasteiger partial charge in [-0.1, -0.05) is 26.3 Å². The average Bonchev–Trinajstić information content (AvgIpc) is 2.88. The lowest BCUT2D eigenvalue weighted by Gasteiger charge is -2.27. The van der Waals surface area contributed by atoms with Gasteiger partial charge in [-0.25, -0.2) is 14.4 Å². The van der Waals surface area contributed by atoms with Gasteiger partial charge >= 0.3 is 18.0 Å². The number of hydrogen-bond donors (Lipinski definition) is 3. The number of pyridine rings is 1. The fourth-order valence-corrected chi connectivity index (χ4v) is 3.61. The summed E-state index contributed by atoms with van der Waals surface area (Å²) in [7, 11) is 1.23. The first-order valence-electron chi connectivity index (χ1n) is 14.1. The Bertz CT molecular complexity index is 1230. The highest BCUT2D eigenvalue weighted by Gasteiger charge is 2.31. The first kappa shape index (κ1) is 36.9. The monoisotopic (exact) mass is 606 g/mol. The van der Waals surface area contributed by atoms with Crippen LogP contribution in [-0.4, -0.2) is 64.8 Å². The number of allylic oxidation sites excluding steroid dienone is 1. The van der Waals surface area contributed by atoms with Gasteiger partial charge in [-0.05, 0) is 72.4 Å². The number of nitrogens with one attached hydrogen (secondary N) is 3. The summed E-state index contributed by atoms with van der Waals surface area (Å²) in [6, 6.07) is 0.792. The molecule has 0 saturated heterocycles. The largest absolute Gasteiger partial charge is 0.466 e. The molecule has 0 fully saturated rings. The number of alkyl carbamates (subject to hydrolysis) is 1. The van der Waals surface area contributed by atoms with Crippen molar-refractivity contribution in [3.63, 3.8) is 0 Å². The van der Waals surface area contributed by atoms with Crippen LogP contribution in [0.2, 0.25) is 0 Å². The van der Waals surface area contributed by atoms with E-state index in [-0.39, 0.29) is 24.4 Å². The normalized spacial score (nSPS) is 13.8. The van der Waals surface area contributed by atoms with Crippen LogP contribution < -0.4 is 21.5 Å². The second kappa shape index (κ2) is 16.5. The number of methoxy groups -OCH3 is 1. The van der Waals surface area contributed by atoms with Gasteiger partial charge in [0.25, 0.3) is 5.56 Å². The molecule has 0 radical (unpaired) electrons. The molecule has 0 aliphatic heterocycles. The molecule has 0 saturated carbocycles. The zero-order chi connectivity index (χ0) is 33.0. The molecule has 1 aromatic rings. The molecule has 3 atom stereocenters. The molecule has 13 nitrogen and oxygen atoms in total. The zero-order valence-electron chi connectivity index (χ0n) is 26.6. The van der Waals surface area contributed by atoms with Crippen molar-refractivity contribution in [2.45, 2.75) is 104 Å². The maximum atomic E-state index is 13.2. The number of ether oxygens (including phenoxy) is 3. The molecule has 13 heteroatoms. The van der Waals surface area contributed by atoms with Crippen molar-refractivity contribution in [1.82, 2.24) is 15.2 Å². The van der Waals surface area contributed by atoms with E-state index in [9.17, 15) is 28.8 Å². The Morgan fingerprint density at radius 1 is 1.00 bits per heavy atom. The summed E-state index contributed by atoms with van der Waals surface area (Å²) in [4.78, 5) is 75.6. The minimum Gasteiger partial charge on any atom is -0.466 e. The van der Waals surface area contributed by atoms with Crippen molar-refractivity contribution in [3.05, 3.63) is 40.8 Å². The van der Waals surface area contributed by atoms with Crippen LogP contribution in [0.4, 0.5) is 10.5 Å². The number of amides is 3. The Morgan fingerprint density at radius 2 is 1.63 bits per heavy atom. The minimum atomic E-state index is -1.13. The summed E-state index contributed by atoms with van der Waals surface area (Å²) < 4.78 is 16.3. The van der Waals surface area contributed by atoms with Gasteiger partial charge in [0.2, 0.25) is 11.8 Å². The van der Waals surface area contributed by atoms with Crippen molar-refractivity contribution in [3.8, 4) is 0 Å². The fraction of sp³-hybridized carbons (Fsp3) is 0.600. The van der Waals surface area contributed by atoms with E-state index in [0.717, 1.165) is 4.57 Å². The van der Waals surface area contributed by atoms with E-state index in [2.05, 4.69) is 20.7 Å². The summed E-state index contributed by atoms with van der Waals surface area (Å²) in [5.74, 6) is -2.68. The number of hydrogen-bond acceptors (Lipinski definition) is 9. The first-order valence-corrected chi connectivity index (χ1v) is 14.1. The molecule has 3 unspecified atom stereocenters. The van der Waals surface area contributed by atoms with E-state index in [4.69, 9.17) is 9.47 Å². The predicted molar refractivity (Wildman–Crippen MR) is 160 cm³/mol. The van der Waals surface area contributed by atoms with Crippen LogP contribution in [0.25, 0.3) is 0 Å². The number of esters is 2. The van der Waals surface area contributed by atoms with Crippen molar-refractivity contribution < 1.29 is 38.2 Å². The minimum absolute atomic E-state index is 0.0731. The lowest BCUT2D eigenvalue weighted by Crippen LogP contribution is -2.49. The number of aromatic nitrogens is 1. The molecule has 0 aromatic carbocycles. The average molecular weight is 607 g/mol. The molecular formula is C30H46N4O9. The van der Waals surface area contributed by atoms with Crippen LogP contribution in [0, 0.1) is 5.92 Å². The van der Waals surface area contributed by atoms with Crippen LogP contribution in [0.15, 0.2) is 35.3 Å². The number of anilines is 1. The summed E-state index contributed by atoms with van der Waals surface area (Å²) in [5.41, 5.74) is -2.37. The van der Waals surface area contributed by atoms with Crippen LogP contribution in [0.3, 0.4) is 0 Å². The van der Waals surface area contributed by atoms with E-state index >= 15 is 0 Å². The molecular weight excluding hydrogens is 560 g/mol. The van der Waals surface area contributed by atoms with Crippen molar-refractivity contribution in [1.29, 1.82) is 0 Å². The Kier molecular flexibility index (Phi) is 14.1. The second-order valence-corrected chi connectivity index (χ2v) is 12.0. The lowest BCUT2D eigenvalue weighted by molar-refractivity contribution is -0.160. The zero-order valence-corrected chi connectivity index (χ0v) is 26.6. The van der Waals surface area contributed by atoms with Gasteiger partial charge in [-0.2, -0.15) is 0 Å². The third-order valence-electron chi connectivity index (χ3n) is 5.87. The van der Waals surface area contributed by atoms with Gasteiger partial charge in [0.15, 0.2) is 0 Å². The second-order valence-electron chi connectivity index (χ2n) is 12.0. The van der Waals surface area contributed by atoms with Crippen molar-refractivity contribution >= 4 is 35.5 Å². The van der Waals surface area contributed by atoms with Crippen molar-refractivity contribution in [2.24, 2.45) is 5.92 Å². The van der Waals surface area contributed by atoms with Crippen LogP contribution >= 0.6 is 0 Å². The van der Waals surface area contributed by atoms with Gasteiger partial charge in [0.1, 0.15) is 35.5 Å². The third kappa shape index (κ3) is 14.0. The molecule has 0 aliphatic rings. The SMILES string of the molecule is CCC(C)C(NC(=O)Cn1cccc(NC(=O)C(CCC=CC(=O)OC)NC(=O)OC(C)(C)C)c1=O)C(=O)OC(C)(C)C. The number of nitrogens with zero attached hydrogens (tertiary/aromatic N) is 1. The summed E-state index contributed by atoms with van der Waals surface area (Å²) in [5, 5.41) is 7.65. The maximum Gasteiger partial charge on any atom is 0.408 e. The first-order chi connectivity index (χ1) is 19.9. The molecule has 3 N–H and O–H groups in total. The Morgan fingerprint density at radius 3 is 2.19 bits per heavy atom. The van der Waals surface area contributed by atoms with E-state index in [1.54, 1.807) is 41.5 Å². The van der Waals surface area contributed by atoms with Crippen LogP contribution in [-0.2, 0) is 39.9 Å². The van der Waals surface area contributed by atoms with Gasteiger partial charge in [0, 0.05) is 12.3 Å². The molecule has 1 rings (SSSR count). The van der Waals surface area contributed by atoms with Crippen LogP contribution in [0.5, 0.6) is 0 Å². The van der Waals surface area contributed by atoms with Gasteiger partial charge in [-0.15, -0.1) is 0 Å². The van der Waals surface area contributed by atoms with Gasteiger partial charge < -0.3 is 34.7 Å². The topological polar surface area (TPSA) is 171 Å². The highest BCUT2D eigenvalue weighted by atomic mass is 16.6. The smallest absolute Gasteiger partial charge is 0.408 e. The van der Waals surface area contributed by atoms with Gasteiger partial charge in [0.05, 0.1) is 7.11 Å². The lowest BCUT2D eigenvalue weighted by atomic mass is 9.99. The third-order valence-corrected chi connectivity index (χ3v) is 5.87. The summed E-state index contributed by atoms with van der Waals surface area (Å²) in [6.45, 7) is 13.5. The standard InChI is InChI=1S/C30H46N4O9/c1-10-19(2)24(27(39)42-29(3,4)5)33-22(35)18-34-17-13-15-21(26(34)38)31-25(37)20(14-11-12-16-23(36)41-9)32-28(40)43-30(6,7)8/h12-13,15-17,19-20,24H,10-11,14,18H2,1-9H3,(H,31,37)(H,32,40)(H,33,35). The summed E-state index contributed by atoms with van der Waals surface area (Å²) >= 11 is 0. The van der Waals surface area contributed by atoms with E-state index in [1.807, 2.05) is 13.8 Å². The molecule has 43 heavy (non-hydrogen) atoms. The highest BCUT2D eigenvalue weighted by molar-refractivity contribution is 5.96. The fourth-order valence-electron chi connectivity index (χ4n) is 3.61. The van der Waals surface area contributed by atoms with Gasteiger partial charge in [-0.3, -0.25) is 14.4 Å². The van der Waals surface area contributed by atoms with Crippen LogP contribution in [0.1, 0.15) is 74.7 Å². The number of rotatable bonds is 13. The van der Waals surface area contributed by atoms with E-state index < -0.39 is 65.2 Å². The molecule has 3 amide bonds. The highest BCUT2D eigenvalue weighted by Crippen LogP contribution is 2.15.